The van der Waals surface area contributed by atoms with Crippen LogP contribution in [0.2, 0.25) is 0 Å². The van der Waals surface area contributed by atoms with Crippen LogP contribution in [-0.2, 0) is 14.3 Å². The van der Waals surface area contributed by atoms with Crippen LogP contribution < -0.4 is 0 Å². The van der Waals surface area contributed by atoms with Crippen molar-refractivity contribution in [1.29, 1.82) is 0 Å². The van der Waals surface area contributed by atoms with Gasteiger partial charge in [0.2, 0.25) is 0 Å². The molecule has 0 aliphatic carbocycles. The van der Waals surface area contributed by atoms with Gasteiger partial charge in [0.1, 0.15) is 5.71 Å². The summed E-state index contributed by atoms with van der Waals surface area (Å²) in [7, 11) is 0. The maximum absolute atomic E-state index is 12.2. The molecule has 0 saturated heterocycles. The highest BCUT2D eigenvalue weighted by atomic mass is 16.6. The topological polar surface area (TPSA) is 99.4 Å². The first kappa shape index (κ1) is 19.4. The molecule has 0 fully saturated rings. The molecule has 122 valence electrons. The molecule has 7 heteroatoms. The molecule has 0 radical (unpaired) electrons. The molecule has 0 saturated carbocycles. The van der Waals surface area contributed by atoms with E-state index in [1.807, 2.05) is 13.8 Å². The fourth-order valence-corrected chi connectivity index (χ4v) is 1.81. The second-order valence-electron chi connectivity index (χ2n) is 5.03. The zero-order valence-electron chi connectivity index (χ0n) is 13.4. The molecule has 2 N–H and O–H groups in total. The number of ether oxygens (including phenoxy) is 1. The predicted molar refractivity (Wildman–Crippen MR) is 77.2 cm³/mol. The second kappa shape index (κ2) is 9.33. The molecule has 1 amide bonds. The zero-order chi connectivity index (χ0) is 16.6. The number of hydrogen-bond donors (Lipinski definition) is 2. The van der Waals surface area contributed by atoms with E-state index in [0.29, 0.717) is 17.9 Å². The van der Waals surface area contributed by atoms with Crippen molar-refractivity contribution >= 4 is 17.6 Å². The molecule has 0 aromatic rings. The van der Waals surface area contributed by atoms with Gasteiger partial charge in [-0.1, -0.05) is 39.3 Å². The Balaban J connectivity index is 5.32. The molecule has 0 rings (SSSR count). The molecule has 0 aliphatic rings. The van der Waals surface area contributed by atoms with E-state index < -0.39 is 17.9 Å². The van der Waals surface area contributed by atoms with Gasteiger partial charge in [0.05, 0.1) is 6.61 Å². The van der Waals surface area contributed by atoms with Crippen LogP contribution in [0.5, 0.6) is 0 Å². The summed E-state index contributed by atoms with van der Waals surface area (Å²) in [6, 6.07) is -1.12. The number of rotatable bonds is 8. The molecule has 0 bridgehead atoms. The molecule has 3 atom stereocenters. The first-order valence-corrected chi connectivity index (χ1v) is 7.26. The van der Waals surface area contributed by atoms with Crippen molar-refractivity contribution in [2.24, 2.45) is 17.0 Å². The normalized spacial score (nSPS) is 16.0. The first-order chi connectivity index (χ1) is 9.85. The third-order valence-corrected chi connectivity index (χ3v) is 3.59. The number of amides is 1. The van der Waals surface area contributed by atoms with Crippen LogP contribution in [0.25, 0.3) is 0 Å². The van der Waals surface area contributed by atoms with Crippen LogP contribution in [0.3, 0.4) is 0 Å². The van der Waals surface area contributed by atoms with Crippen molar-refractivity contribution < 1.29 is 24.7 Å². The second-order valence-corrected chi connectivity index (χ2v) is 5.03. The molecule has 0 unspecified atom stereocenters. The fraction of sp³-hybridized carbons (Fsp3) is 0.786. The van der Waals surface area contributed by atoms with Crippen LogP contribution in [0.1, 0.15) is 47.5 Å². The monoisotopic (exact) mass is 302 g/mol. The van der Waals surface area contributed by atoms with Gasteiger partial charge in [0.15, 0.2) is 6.04 Å². The lowest BCUT2D eigenvalue weighted by molar-refractivity contribution is -0.188. The minimum atomic E-state index is -1.12. The zero-order valence-corrected chi connectivity index (χ0v) is 13.4. The maximum Gasteiger partial charge on any atom is 0.331 e. The Morgan fingerprint density at radius 3 is 2.14 bits per heavy atom. The molecule has 0 aromatic heterocycles. The average molecular weight is 302 g/mol. The highest BCUT2D eigenvalue weighted by Gasteiger charge is 2.37. The Hall–Kier alpha value is -1.63. The molecule has 0 aliphatic heterocycles. The SMILES string of the molecule is CCOC(=O)[C@@H]([C@@H](C)CC)N(O)C(=O)/C(=N\O)[C@@H](C)CC. The quantitative estimate of drug-likeness (QED) is 0.235. The summed E-state index contributed by atoms with van der Waals surface area (Å²) in [5.74, 6) is -2.19. The van der Waals surface area contributed by atoms with Gasteiger partial charge in [0.25, 0.3) is 5.91 Å². The van der Waals surface area contributed by atoms with Crippen LogP contribution in [0.15, 0.2) is 5.16 Å². The van der Waals surface area contributed by atoms with Gasteiger partial charge in [0, 0.05) is 5.92 Å². The van der Waals surface area contributed by atoms with E-state index in [2.05, 4.69) is 5.16 Å². The van der Waals surface area contributed by atoms with Gasteiger partial charge in [-0.25, -0.2) is 9.86 Å². The van der Waals surface area contributed by atoms with E-state index in [0.717, 1.165) is 0 Å². The molecule has 0 spiro atoms. The Kier molecular flexibility index (Phi) is 8.61. The van der Waals surface area contributed by atoms with Gasteiger partial charge < -0.3 is 9.94 Å². The summed E-state index contributed by atoms with van der Waals surface area (Å²) in [4.78, 5) is 24.2. The number of carbonyl (C=O) groups is 2. The van der Waals surface area contributed by atoms with Crippen molar-refractivity contribution in [2.75, 3.05) is 6.61 Å². The number of hydrogen-bond acceptors (Lipinski definition) is 6. The summed E-state index contributed by atoms with van der Waals surface area (Å²) in [6.45, 7) is 8.89. The minimum Gasteiger partial charge on any atom is -0.464 e. The summed E-state index contributed by atoms with van der Waals surface area (Å²) in [5, 5.41) is 22.4. The van der Waals surface area contributed by atoms with Gasteiger partial charge in [-0.2, -0.15) is 0 Å². The lowest BCUT2D eigenvalue weighted by Crippen LogP contribution is -2.50. The molecular weight excluding hydrogens is 276 g/mol. The minimum absolute atomic E-state index is 0.153. The van der Waals surface area contributed by atoms with E-state index >= 15 is 0 Å². The Morgan fingerprint density at radius 1 is 1.19 bits per heavy atom. The fourth-order valence-electron chi connectivity index (χ4n) is 1.81. The summed E-state index contributed by atoms with van der Waals surface area (Å²) >= 11 is 0. The van der Waals surface area contributed by atoms with E-state index in [4.69, 9.17) is 9.94 Å². The Morgan fingerprint density at radius 2 is 1.76 bits per heavy atom. The first-order valence-electron chi connectivity index (χ1n) is 7.26. The lowest BCUT2D eigenvalue weighted by Gasteiger charge is -2.29. The largest absolute Gasteiger partial charge is 0.464 e. The molecule has 0 heterocycles. The van der Waals surface area contributed by atoms with Crippen molar-refractivity contribution in [1.82, 2.24) is 5.06 Å². The number of hydroxylamine groups is 2. The summed E-state index contributed by atoms with van der Waals surface area (Å²) < 4.78 is 4.90. The molecule has 0 aromatic carbocycles. The van der Waals surface area contributed by atoms with E-state index in [-0.39, 0.29) is 24.2 Å². The third-order valence-electron chi connectivity index (χ3n) is 3.59. The highest BCUT2D eigenvalue weighted by Crippen LogP contribution is 2.17. The lowest BCUT2D eigenvalue weighted by atomic mass is 9.97. The van der Waals surface area contributed by atoms with Crippen LogP contribution in [0, 0.1) is 11.8 Å². The smallest absolute Gasteiger partial charge is 0.331 e. The predicted octanol–water partition coefficient (Wildman–Crippen LogP) is 2.06. The van der Waals surface area contributed by atoms with E-state index in [1.54, 1.807) is 20.8 Å². The van der Waals surface area contributed by atoms with Gasteiger partial charge in [-0.3, -0.25) is 10.0 Å². The van der Waals surface area contributed by atoms with Crippen LogP contribution in [-0.4, -0.2) is 45.7 Å². The number of carbonyl (C=O) groups excluding carboxylic acids is 2. The number of esters is 1. The average Bonchev–Trinajstić information content (AvgIpc) is 2.47. The summed E-state index contributed by atoms with van der Waals surface area (Å²) in [6.07, 6.45) is 1.13. The van der Waals surface area contributed by atoms with Crippen LogP contribution >= 0.6 is 0 Å². The highest BCUT2D eigenvalue weighted by molar-refractivity contribution is 6.39. The maximum atomic E-state index is 12.2. The Bertz CT molecular complexity index is 384. The van der Waals surface area contributed by atoms with Gasteiger partial charge in [-0.15, -0.1) is 0 Å². The molecule has 7 nitrogen and oxygen atoms in total. The van der Waals surface area contributed by atoms with Crippen molar-refractivity contribution in [3.8, 4) is 0 Å². The standard InChI is InChI=1S/C14H26N2O5/c1-6-9(4)11(15-19)13(17)16(20)12(10(5)7-2)14(18)21-8-3/h9-10,12,19-20H,6-8H2,1-5H3/b15-11-/t9-,10-,12+/m0/s1. The Labute approximate surface area is 125 Å². The van der Waals surface area contributed by atoms with Crippen molar-refractivity contribution in [2.45, 2.75) is 53.5 Å². The molecule has 21 heavy (non-hydrogen) atoms. The van der Waals surface area contributed by atoms with E-state index in [9.17, 15) is 14.8 Å². The number of nitrogens with zero attached hydrogens (tertiary/aromatic N) is 2. The van der Waals surface area contributed by atoms with Gasteiger partial charge >= 0.3 is 5.97 Å². The summed E-state index contributed by atoms with van der Waals surface area (Å²) in [5.41, 5.74) is -0.183. The number of oxime groups is 1. The third kappa shape index (κ3) is 5.00. The van der Waals surface area contributed by atoms with Crippen LogP contribution in [0.4, 0.5) is 0 Å². The van der Waals surface area contributed by atoms with Crippen molar-refractivity contribution in [3.63, 3.8) is 0 Å². The van der Waals surface area contributed by atoms with Gasteiger partial charge in [-0.05, 0) is 19.3 Å². The van der Waals surface area contributed by atoms with E-state index in [1.165, 1.54) is 0 Å². The van der Waals surface area contributed by atoms with Crippen molar-refractivity contribution in [3.05, 3.63) is 0 Å². The molecular formula is C14H26N2O5.